The van der Waals surface area contributed by atoms with E-state index in [4.69, 9.17) is 9.84 Å². The van der Waals surface area contributed by atoms with Crippen LogP contribution < -0.4 is 10.1 Å². The average molecular weight is 304 g/mol. The molecule has 0 saturated heterocycles. The van der Waals surface area contributed by atoms with Gasteiger partial charge in [-0.1, -0.05) is 0 Å². The van der Waals surface area contributed by atoms with Gasteiger partial charge in [0.05, 0.1) is 19.4 Å². The van der Waals surface area contributed by atoms with E-state index < -0.39 is 0 Å². The van der Waals surface area contributed by atoms with Crippen LogP contribution in [0.1, 0.15) is 22.2 Å². The van der Waals surface area contributed by atoms with E-state index in [1.807, 2.05) is 12.1 Å². The van der Waals surface area contributed by atoms with Crippen molar-refractivity contribution in [1.82, 2.24) is 10.3 Å². The Morgan fingerprint density at radius 2 is 2.43 bits per heavy atom. The molecule has 1 aromatic heterocycles. The lowest BCUT2D eigenvalue weighted by molar-refractivity contribution is 0.0926. The number of aromatic nitrogens is 1. The number of rotatable bonds is 4. The second-order valence-electron chi connectivity index (χ2n) is 5.01. The molecule has 0 fully saturated rings. The Morgan fingerprint density at radius 3 is 3.24 bits per heavy atom. The zero-order valence-corrected chi connectivity index (χ0v) is 12.4. The Balaban J connectivity index is 1.80. The number of nitrogens with zero attached hydrogens (tertiary/aromatic N) is 1. The molecule has 1 unspecified atom stereocenters. The van der Waals surface area contributed by atoms with Crippen LogP contribution in [0.5, 0.6) is 5.75 Å². The van der Waals surface area contributed by atoms with Crippen LogP contribution in [0.3, 0.4) is 0 Å². The summed E-state index contributed by atoms with van der Waals surface area (Å²) in [6, 6.07) is 5.72. The summed E-state index contributed by atoms with van der Waals surface area (Å²) in [5.74, 6) is 0.731. The van der Waals surface area contributed by atoms with Crippen molar-refractivity contribution in [2.45, 2.75) is 19.4 Å². The fourth-order valence-electron chi connectivity index (χ4n) is 2.17. The maximum absolute atomic E-state index is 12.0. The molecule has 1 atom stereocenters. The topological polar surface area (TPSA) is 71.5 Å². The van der Waals surface area contributed by atoms with Crippen LogP contribution in [0.15, 0.2) is 24.4 Å². The second kappa shape index (κ2) is 5.83. The molecule has 0 aliphatic carbocycles. The summed E-state index contributed by atoms with van der Waals surface area (Å²) in [6.07, 6.45) is 2.49. The van der Waals surface area contributed by atoms with Crippen LogP contribution in [0.25, 0.3) is 10.6 Å². The van der Waals surface area contributed by atoms with E-state index in [-0.39, 0.29) is 18.6 Å². The summed E-state index contributed by atoms with van der Waals surface area (Å²) < 4.78 is 5.48. The molecule has 0 radical (unpaired) electrons. The van der Waals surface area contributed by atoms with Crippen LogP contribution in [-0.4, -0.2) is 35.3 Å². The number of thiazole rings is 1. The van der Waals surface area contributed by atoms with Gasteiger partial charge in [0.1, 0.15) is 15.6 Å². The number of fused-ring (bicyclic) bond motifs is 1. The van der Waals surface area contributed by atoms with E-state index in [2.05, 4.69) is 16.4 Å². The van der Waals surface area contributed by atoms with Gasteiger partial charge in [0, 0.05) is 18.0 Å². The molecule has 110 valence electrons. The Hall–Kier alpha value is -1.92. The van der Waals surface area contributed by atoms with Crippen molar-refractivity contribution in [2.24, 2.45) is 0 Å². The zero-order valence-electron chi connectivity index (χ0n) is 11.6. The lowest BCUT2D eigenvalue weighted by atomic mass is 10.1. The van der Waals surface area contributed by atoms with Crippen molar-refractivity contribution >= 4 is 17.2 Å². The molecule has 5 nitrogen and oxygen atoms in total. The van der Waals surface area contributed by atoms with E-state index in [1.54, 1.807) is 13.1 Å². The monoisotopic (exact) mass is 304 g/mol. The SMILES string of the molecule is CC(CO)NC(=O)c1cnc(-c2ccc3c(c2)CCO3)s1. The van der Waals surface area contributed by atoms with Crippen molar-refractivity contribution in [3.8, 4) is 16.3 Å². The lowest BCUT2D eigenvalue weighted by Gasteiger charge is -2.08. The Bertz CT molecular complexity index is 669. The van der Waals surface area contributed by atoms with Gasteiger partial charge in [0.2, 0.25) is 0 Å². The third-order valence-corrected chi connectivity index (χ3v) is 4.36. The maximum Gasteiger partial charge on any atom is 0.263 e. The number of carbonyl (C=O) groups is 1. The molecule has 2 heterocycles. The predicted octanol–water partition coefficient (Wildman–Crippen LogP) is 1.86. The van der Waals surface area contributed by atoms with Gasteiger partial charge >= 0.3 is 0 Å². The molecule has 0 bridgehead atoms. The fraction of sp³-hybridized carbons (Fsp3) is 0.333. The minimum Gasteiger partial charge on any atom is -0.493 e. The van der Waals surface area contributed by atoms with Crippen molar-refractivity contribution in [3.63, 3.8) is 0 Å². The third-order valence-electron chi connectivity index (χ3n) is 3.32. The Labute approximate surface area is 126 Å². The summed E-state index contributed by atoms with van der Waals surface area (Å²) in [5, 5.41) is 12.5. The molecule has 1 aliphatic heterocycles. The Kier molecular flexibility index (Phi) is 3.90. The van der Waals surface area contributed by atoms with E-state index in [0.717, 1.165) is 29.3 Å². The average Bonchev–Trinajstić information content (AvgIpc) is 3.15. The summed E-state index contributed by atoms with van der Waals surface area (Å²) in [7, 11) is 0. The number of carbonyl (C=O) groups excluding carboxylic acids is 1. The normalized spacial score (nSPS) is 14.4. The largest absolute Gasteiger partial charge is 0.493 e. The van der Waals surface area contributed by atoms with Crippen molar-refractivity contribution in [2.75, 3.05) is 13.2 Å². The number of aliphatic hydroxyl groups is 1. The molecule has 1 aliphatic rings. The highest BCUT2D eigenvalue weighted by molar-refractivity contribution is 7.16. The number of hydrogen-bond acceptors (Lipinski definition) is 5. The van der Waals surface area contributed by atoms with Gasteiger partial charge in [-0.05, 0) is 30.7 Å². The molecule has 1 aromatic carbocycles. The molecule has 21 heavy (non-hydrogen) atoms. The van der Waals surface area contributed by atoms with Crippen molar-refractivity contribution < 1.29 is 14.6 Å². The summed E-state index contributed by atoms with van der Waals surface area (Å²) >= 11 is 1.35. The molecular weight excluding hydrogens is 288 g/mol. The van der Waals surface area contributed by atoms with E-state index in [1.165, 1.54) is 16.9 Å². The molecular formula is C15H16N2O3S. The number of amides is 1. The lowest BCUT2D eigenvalue weighted by Crippen LogP contribution is -2.34. The van der Waals surface area contributed by atoms with Gasteiger partial charge in [-0.2, -0.15) is 0 Å². The van der Waals surface area contributed by atoms with Gasteiger partial charge in [-0.15, -0.1) is 11.3 Å². The number of aliphatic hydroxyl groups excluding tert-OH is 1. The number of hydrogen-bond donors (Lipinski definition) is 2. The maximum atomic E-state index is 12.0. The van der Waals surface area contributed by atoms with Crippen LogP contribution in [0, 0.1) is 0 Å². The first-order valence-corrected chi connectivity index (χ1v) is 7.62. The standard InChI is InChI=1S/C15H16N2O3S/c1-9(8-18)17-14(19)13-7-16-15(21-13)11-2-3-12-10(6-11)4-5-20-12/h2-3,6-7,9,18H,4-5,8H2,1H3,(H,17,19). The highest BCUT2D eigenvalue weighted by Gasteiger charge is 2.16. The van der Waals surface area contributed by atoms with Crippen LogP contribution in [-0.2, 0) is 6.42 Å². The van der Waals surface area contributed by atoms with E-state index in [0.29, 0.717) is 4.88 Å². The van der Waals surface area contributed by atoms with E-state index >= 15 is 0 Å². The van der Waals surface area contributed by atoms with Gasteiger partial charge in [0.25, 0.3) is 5.91 Å². The van der Waals surface area contributed by atoms with E-state index in [9.17, 15) is 4.79 Å². The van der Waals surface area contributed by atoms with Crippen molar-refractivity contribution in [3.05, 3.63) is 34.8 Å². The fourth-order valence-corrected chi connectivity index (χ4v) is 2.99. The number of ether oxygens (including phenoxy) is 1. The molecule has 0 spiro atoms. The molecule has 0 saturated carbocycles. The second-order valence-corrected chi connectivity index (χ2v) is 6.04. The summed E-state index contributed by atoms with van der Waals surface area (Å²) in [5.41, 5.74) is 2.18. The minimum absolute atomic E-state index is 0.0811. The molecule has 1 amide bonds. The Morgan fingerprint density at radius 1 is 1.57 bits per heavy atom. The number of benzene rings is 1. The molecule has 2 N–H and O–H groups in total. The molecule has 2 aromatic rings. The summed E-state index contributed by atoms with van der Waals surface area (Å²) in [6.45, 7) is 2.39. The predicted molar refractivity (Wildman–Crippen MR) is 80.8 cm³/mol. The zero-order chi connectivity index (χ0) is 14.8. The van der Waals surface area contributed by atoms with Gasteiger partial charge in [-0.25, -0.2) is 4.98 Å². The van der Waals surface area contributed by atoms with Gasteiger partial charge < -0.3 is 15.2 Å². The first-order chi connectivity index (χ1) is 10.2. The highest BCUT2D eigenvalue weighted by Crippen LogP contribution is 2.32. The molecule has 6 heteroatoms. The van der Waals surface area contributed by atoms with Gasteiger partial charge in [0.15, 0.2) is 0 Å². The van der Waals surface area contributed by atoms with Crippen LogP contribution >= 0.6 is 11.3 Å². The molecule has 3 rings (SSSR count). The van der Waals surface area contributed by atoms with Gasteiger partial charge in [-0.3, -0.25) is 4.79 Å². The van der Waals surface area contributed by atoms with Crippen LogP contribution in [0.2, 0.25) is 0 Å². The minimum atomic E-state index is -0.264. The highest BCUT2D eigenvalue weighted by atomic mass is 32.1. The third kappa shape index (κ3) is 2.91. The smallest absolute Gasteiger partial charge is 0.263 e. The first kappa shape index (κ1) is 14.0. The number of nitrogens with one attached hydrogen (secondary N) is 1. The first-order valence-electron chi connectivity index (χ1n) is 6.81. The van der Waals surface area contributed by atoms with Crippen LogP contribution in [0.4, 0.5) is 0 Å². The van der Waals surface area contributed by atoms with Crippen molar-refractivity contribution in [1.29, 1.82) is 0 Å². The summed E-state index contributed by atoms with van der Waals surface area (Å²) in [4.78, 5) is 16.8. The quantitative estimate of drug-likeness (QED) is 0.904.